The standard InChI is InChI=1S/C29H22F3N3O5/c30-29(31,32)20-3-1-2-19(14-20)25(37)33-13-12-16-4-6-17(7-5-16)18-8-9-21-22(15-18)28(40)35(27(21)39)23-10-11-24(36)34-26(23)38/h1-9,14-15,23H,10-13H2,(H,33,37)(H,34,36,38). The van der Waals surface area contributed by atoms with Gasteiger partial charge in [-0.2, -0.15) is 13.2 Å². The smallest absolute Gasteiger partial charge is 0.352 e. The third-order valence-electron chi connectivity index (χ3n) is 6.88. The highest BCUT2D eigenvalue weighted by molar-refractivity contribution is 6.23. The molecule has 0 aromatic heterocycles. The maximum absolute atomic E-state index is 13.1. The van der Waals surface area contributed by atoms with Crippen LogP contribution in [0.3, 0.4) is 0 Å². The number of benzene rings is 3. The van der Waals surface area contributed by atoms with Gasteiger partial charge in [0, 0.05) is 18.5 Å². The molecule has 5 rings (SSSR count). The monoisotopic (exact) mass is 549 g/mol. The number of carbonyl (C=O) groups is 5. The van der Waals surface area contributed by atoms with E-state index >= 15 is 0 Å². The first kappa shape index (κ1) is 26.8. The first-order chi connectivity index (χ1) is 19.0. The Labute approximate surface area is 226 Å². The Bertz CT molecular complexity index is 1550. The average molecular weight is 550 g/mol. The highest BCUT2D eigenvalue weighted by atomic mass is 19.4. The van der Waals surface area contributed by atoms with E-state index in [-0.39, 0.29) is 36.1 Å². The summed E-state index contributed by atoms with van der Waals surface area (Å²) in [6.45, 7) is 0.208. The summed E-state index contributed by atoms with van der Waals surface area (Å²) in [5.41, 5.74) is 1.70. The van der Waals surface area contributed by atoms with Crippen molar-refractivity contribution in [3.63, 3.8) is 0 Å². The first-order valence-electron chi connectivity index (χ1n) is 12.4. The van der Waals surface area contributed by atoms with Crippen LogP contribution in [-0.4, -0.2) is 47.0 Å². The van der Waals surface area contributed by atoms with Crippen molar-refractivity contribution in [2.75, 3.05) is 6.54 Å². The molecule has 1 fully saturated rings. The van der Waals surface area contributed by atoms with Crippen molar-refractivity contribution < 1.29 is 37.1 Å². The maximum Gasteiger partial charge on any atom is 0.416 e. The van der Waals surface area contributed by atoms with Crippen LogP contribution in [0, 0.1) is 0 Å². The summed E-state index contributed by atoms with van der Waals surface area (Å²) in [5, 5.41) is 4.78. The molecule has 0 radical (unpaired) electrons. The fraction of sp³-hybridized carbons (Fsp3) is 0.207. The SMILES string of the molecule is O=C1CCC(N2C(=O)c3ccc(-c4ccc(CCNC(=O)c5cccc(C(F)(F)F)c5)cc4)cc3C2=O)C(=O)N1. The second-order valence-electron chi connectivity index (χ2n) is 9.49. The van der Waals surface area contributed by atoms with Gasteiger partial charge in [-0.3, -0.25) is 34.2 Å². The predicted octanol–water partition coefficient (Wildman–Crippen LogP) is 3.75. The molecule has 3 aromatic carbocycles. The largest absolute Gasteiger partial charge is 0.416 e. The Morgan fingerprint density at radius 3 is 2.30 bits per heavy atom. The van der Waals surface area contributed by atoms with Gasteiger partial charge in [0.15, 0.2) is 0 Å². The highest BCUT2D eigenvalue weighted by Gasteiger charge is 2.44. The zero-order valence-electron chi connectivity index (χ0n) is 20.9. The molecule has 0 bridgehead atoms. The lowest BCUT2D eigenvalue weighted by molar-refractivity contribution is -0.138. The Kier molecular flexibility index (Phi) is 6.97. The van der Waals surface area contributed by atoms with Crippen LogP contribution < -0.4 is 10.6 Å². The normalized spacial score (nSPS) is 17.1. The van der Waals surface area contributed by atoms with Gasteiger partial charge in [-0.25, -0.2) is 0 Å². The van der Waals surface area contributed by atoms with Crippen molar-refractivity contribution in [2.24, 2.45) is 0 Å². The molecule has 1 saturated heterocycles. The summed E-state index contributed by atoms with van der Waals surface area (Å²) in [4.78, 5) is 62.8. The molecule has 5 amide bonds. The van der Waals surface area contributed by atoms with Crippen molar-refractivity contribution in [1.29, 1.82) is 0 Å². The molecule has 2 heterocycles. The van der Waals surface area contributed by atoms with Crippen LogP contribution in [-0.2, 0) is 22.2 Å². The molecule has 2 aliphatic rings. The number of alkyl halides is 3. The predicted molar refractivity (Wildman–Crippen MR) is 136 cm³/mol. The lowest BCUT2D eigenvalue weighted by Gasteiger charge is -2.27. The fourth-order valence-electron chi connectivity index (χ4n) is 4.77. The molecule has 204 valence electrons. The van der Waals surface area contributed by atoms with Crippen LogP contribution in [0.4, 0.5) is 13.2 Å². The van der Waals surface area contributed by atoms with Gasteiger partial charge in [-0.1, -0.05) is 36.4 Å². The van der Waals surface area contributed by atoms with E-state index in [4.69, 9.17) is 0 Å². The quantitative estimate of drug-likeness (QED) is 0.455. The van der Waals surface area contributed by atoms with E-state index in [9.17, 15) is 37.1 Å². The maximum atomic E-state index is 13.1. The topological polar surface area (TPSA) is 113 Å². The minimum atomic E-state index is -4.54. The van der Waals surface area contributed by atoms with Gasteiger partial charge in [0.1, 0.15) is 6.04 Å². The minimum absolute atomic E-state index is 0.0380. The van der Waals surface area contributed by atoms with Gasteiger partial charge >= 0.3 is 6.18 Å². The van der Waals surface area contributed by atoms with E-state index < -0.39 is 47.3 Å². The van der Waals surface area contributed by atoms with E-state index in [0.29, 0.717) is 12.0 Å². The summed E-state index contributed by atoms with van der Waals surface area (Å²) in [6, 6.07) is 15.3. The van der Waals surface area contributed by atoms with Gasteiger partial charge in [0.25, 0.3) is 17.7 Å². The molecule has 40 heavy (non-hydrogen) atoms. The van der Waals surface area contributed by atoms with Crippen molar-refractivity contribution in [3.05, 3.63) is 94.5 Å². The van der Waals surface area contributed by atoms with Crippen molar-refractivity contribution in [3.8, 4) is 11.1 Å². The molecular weight excluding hydrogens is 527 g/mol. The first-order valence-corrected chi connectivity index (χ1v) is 12.4. The number of hydrogen-bond acceptors (Lipinski definition) is 5. The Balaban J connectivity index is 1.22. The number of halogens is 3. The number of nitrogens with one attached hydrogen (secondary N) is 2. The van der Waals surface area contributed by atoms with Crippen LogP contribution in [0.5, 0.6) is 0 Å². The summed E-state index contributed by atoms with van der Waals surface area (Å²) in [5.74, 6) is -2.89. The van der Waals surface area contributed by atoms with Crippen LogP contribution in [0.1, 0.15) is 55.0 Å². The van der Waals surface area contributed by atoms with Crippen molar-refractivity contribution in [2.45, 2.75) is 31.5 Å². The molecule has 2 aliphatic heterocycles. The number of piperidine rings is 1. The van der Waals surface area contributed by atoms with Crippen LogP contribution in [0.25, 0.3) is 11.1 Å². The number of imide groups is 2. The highest BCUT2D eigenvalue weighted by Crippen LogP contribution is 2.32. The molecule has 0 aliphatic carbocycles. The Hall–Kier alpha value is -4.80. The van der Waals surface area contributed by atoms with Crippen LogP contribution >= 0.6 is 0 Å². The Morgan fingerprint density at radius 2 is 1.60 bits per heavy atom. The van der Waals surface area contributed by atoms with E-state index in [1.165, 1.54) is 18.2 Å². The van der Waals surface area contributed by atoms with E-state index in [1.807, 2.05) is 24.3 Å². The van der Waals surface area contributed by atoms with Gasteiger partial charge in [-0.05, 0) is 59.9 Å². The second kappa shape index (κ2) is 10.4. The number of carbonyl (C=O) groups excluding carboxylic acids is 5. The molecule has 2 N–H and O–H groups in total. The molecule has 11 heteroatoms. The Morgan fingerprint density at radius 1 is 0.900 bits per heavy atom. The summed E-state index contributed by atoms with van der Waals surface area (Å²) in [6.07, 6.45) is -3.99. The number of hydrogen-bond donors (Lipinski definition) is 2. The van der Waals surface area contributed by atoms with Crippen LogP contribution in [0.2, 0.25) is 0 Å². The average Bonchev–Trinajstić information content (AvgIpc) is 3.17. The molecular formula is C29H22F3N3O5. The van der Waals surface area contributed by atoms with Crippen molar-refractivity contribution >= 4 is 29.5 Å². The number of nitrogens with zero attached hydrogens (tertiary/aromatic N) is 1. The number of amides is 5. The molecule has 0 spiro atoms. The molecule has 3 aromatic rings. The summed E-state index contributed by atoms with van der Waals surface area (Å²) < 4.78 is 38.7. The lowest BCUT2D eigenvalue weighted by atomic mass is 9.99. The third kappa shape index (κ3) is 5.22. The van der Waals surface area contributed by atoms with Gasteiger partial charge in [0.2, 0.25) is 11.8 Å². The van der Waals surface area contributed by atoms with Gasteiger partial charge in [-0.15, -0.1) is 0 Å². The molecule has 8 nitrogen and oxygen atoms in total. The summed E-state index contributed by atoms with van der Waals surface area (Å²) >= 11 is 0. The number of fused-ring (bicyclic) bond motifs is 1. The van der Waals surface area contributed by atoms with Crippen LogP contribution in [0.15, 0.2) is 66.7 Å². The fourth-order valence-corrected chi connectivity index (χ4v) is 4.77. The number of rotatable bonds is 6. The van der Waals surface area contributed by atoms with E-state index in [2.05, 4.69) is 10.6 Å². The van der Waals surface area contributed by atoms with Crippen molar-refractivity contribution in [1.82, 2.24) is 15.5 Å². The second-order valence-corrected chi connectivity index (χ2v) is 9.49. The minimum Gasteiger partial charge on any atom is -0.352 e. The van der Waals surface area contributed by atoms with E-state index in [1.54, 1.807) is 12.1 Å². The van der Waals surface area contributed by atoms with E-state index in [0.717, 1.165) is 28.2 Å². The molecule has 1 unspecified atom stereocenters. The van der Waals surface area contributed by atoms with Gasteiger partial charge in [0.05, 0.1) is 16.7 Å². The van der Waals surface area contributed by atoms with Gasteiger partial charge < -0.3 is 5.32 Å². The third-order valence-corrected chi connectivity index (χ3v) is 6.88. The molecule has 0 saturated carbocycles. The summed E-state index contributed by atoms with van der Waals surface area (Å²) in [7, 11) is 0. The zero-order chi connectivity index (χ0) is 28.6. The zero-order valence-corrected chi connectivity index (χ0v) is 20.9. The lowest BCUT2D eigenvalue weighted by Crippen LogP contribution is -2.54. The molecule has 1 atom stereocenters.